The van der Waals surface area contributed by atoms with Crippen molar-refractivity contribution >= 4 is 5.91 Å². The first-order chi connectivity index (χ1) is 9.58. The van der Waals surface area contributed by atoms with E-state index in [9.17, 15) is 4.79 Å². The topological polar surface area (TPSA) is 41.1 Å². The van der Waals surface area contributed by atoms with Crippen LogP contribution < -0.4 is 10.6 Å². The summed E-state index contributed by atoms with van der Waals surface area (Å²) in [6, 6.07) is 10.3. The Morgan fingerprint density at radius 1 is 1.35 bits per heavy atom. The van der Waals surface area contributed by atoms with Crippen molar-refractivity contribution in [2.24, 2.45) is 11.8 Å². The summed E-state index contributed by atoms with van der Waals surface area (Å²) in [6.07, 6.45) is 2.05. The molecule has 3 nitrogen and oxygen atoms in total. The maximum absolute atomic E-state index is 12.4. The van der Waals surface area contributed by atoms with Crippen molar-refractivity contribution in [3.8, 4) is 0 Å². The third kappa shape index (κ3) is 3.83. The van der Waals surface area contributed by atoms with E-state index in [2.05, 4.69) is 43.5 Å². The number of hydrogen-bond acceptors (Lipinski definition) is 2. The molecule has 0 aromatic heterocycles. The summed E-state index contributed by atoms with van der Waals surface area (Å²) >= 11 is 0. The van der Waals surface area contributed by atoms with Gasteiger partial charge in [-0.25, -0.2) is 0 Å². The lowest BCUT2D eigenvalue weighted by molar-refractivity contribution is -0.124. The molecule has 110 valence electrons. The molecule has 1 aliphatic rings. The van der Waals surface area contributed by atoms with Crippen molar-refractivity contribution in [3.05, 3.63) is 35.9 Å². The second-order valence-electron chi connectivity index (χ2n) is 6.30. The fourth-order valence-electron chi connectivity index (χ4n) is 2.88. The number of carbonyl (C=O) groups excluding carboxylic acids is 1. The third-order valence-electron chi connectivity index (χ3n) is 4.04. The van der Waals surface area contributed by atoms with E-state index >= 15 is 0 Å². The normalized spacial score (nSPS) is 23.8. The first kappa shape index (κ1) is 15.0. The van der Waals surface area contributed by atoms with Crippen molar-refractivity contribution in [2.45, 2.75) is 45.7 Å². The van der Waals surface area contributed by atoms with Gasteiger partial charge in [0.2, 0.25) is 5.91 Å². The maximum atomic E-state index is 12.4. The minimum absolute atomic E-state index is 0.0339. The Morgan fingerprint density at radius 3 is 2.60 bits per heavy atom. The summed E-state index contributed by atoms with van der Waals surface area (Å²) in [4.78, 5) is 12.4. The molecule has 3 heteroatoms. The number of hydrogen-bond donors (Lipinski definition) is 2. The van der Waals surface area contributed by atoms with Crippen LogP contribution in [0.2, 0.25) is 0 Å². The highest BCUT2D eigenvalue weighted by Crippen LogP contribution is 2.22. The summed E-state index contributed by atoms with van der Waals surface area (Å²) < 4.78 is 0. The van der Waals surface area contributed by atoms with Crippen LogP contribution in [-0.4, -0.2) is 18.5 Å². The molecule has 0 spiro atoms. The van der Waals surface area contributed by atoms with Crippen molar-refractivity contribution < 1.29 is 4.79 Å². The van der Waals surface area contributed by atoms with Gasteiger partial charge in [0.1, 0.15) is 0 Å². The molecule has 3 unspecified atom stereocenters. The Labute approximate surface area is 122 Å². The first-order valence-corrected chi connectivity index (χ1v) is 7.66. The molecule has 1 aromatic rings. The van der Waals surface area contributed by atoms with Gasteiger partial charge in [-0.3, -0.25) is 4.79 Å². The fraction of sp³-hybridized carbons (Fsp3) is 0.588. The SMILES string of the molecule is CC(C)CC(NC(=O)C1NCCC1C)c1ccccc1. The van der Waals surface area contributed by atoms with E-state index < -0.39 is 0 Å². The Morgan fingerprint density at radius 2 is 2.05 bits per heavy atom. The molecular weight excluding hydrogens is 248 g/mol. The fourth-order valence-corrected chi connectivity index (χ4v) is 2.88. The van der Waals surface area contributed by atoms with Gasteiger partial charge in [0.25, 0.3) is 0 Å². The van der Waals surface area contributed by atoms with Crippen molar-refractivity contribution in [3.63, 3.8) is 0 Å². The number of rotatable bonds is 5. The Bertz CT molecular complexity index is 430. The van der Waals surface area contributed by atoms with Gasteiger partial charge in [0.05, 0.1) is 12.1 Å². The quantitative estimate of drug-likeness (QED) is 0.867. The molecule has 1 aromatic carbocycles. The van der Waals surface area contributed by atoms with Crippen molar-refractivity contribution in [1.29, 1.82) is 0 Å². The summed E-state index contributed by atoms with van der Waals surface area (Å²) in [5.74, 6) is 1.12. The van der Waals surface area contributed by atoms with Crippen LogP contribution in [0.5, 0.6) is 0 Å². The molecule has 1 saturated heterocycles. The van der Waals surface area contributed by atoms with Gasteiger partial charge >= 0.3 is 0 Å². The molecule has 1 fully saturated rings. The number of nitrogens with one attached hydrogen (secondary N) is 2. The zero-order chi connectivity index (χ0) is 14.5. The van der Waals surface area contributed by atoms with Crippen LogP contribution in [0.4, 0.5) is 0 Å². The predicted octanol–water partition coefficient (Wildman–Crippen LogP) is 2.89. The van der Waals surface area contributed by atoms with Crippen LogP contribution in [0.15, 0.2) is 30.3 Å². The largest absolute Gasteiger partial charge is 0.348 e. The summed E-state index contributed by atoms with van der Waals surface area (Å²) in [5.41, 5.74) is 1.19. The van der Waals surface area contributed by atoms with E-state index in [0.717, 1.165) is 19.4 Å². The Hall–Kier alpha value is -1.35. The van der Waals surface area contributed by atoms with Crippen LogP contribution in [0.25, 0.3) is 0 Å². The zero-order valence-corrected chi connectivity index (χ0v) is 12.7. The molecule has 0 radical (unpaired) electrons. The minimum atomic E-state index is -0.0339. The van der Waals surface area contributed by atoms with Gasteiger partial charge in [-0.05, 0) is 36.8 Å². The molecule has 3 atom stereocenters. The highest BCUT2D eigenvalue weighted by atomic mass is 16.2. The summed E-state index contributed by atoms with van der Waals surface area (Å²) in [5, 5.41) is 6.54. The molecule has 0 aliphatic carbocycles. The number of benzene rings is 1. The van der Waals surface area contributed by atoms with Crippen molar-refractivity contribution in [1.82, 2.24) is 10.6 Å². The lowest BCUT2D eigenvalue weighted by Gasteiger charge is -2.24. The molecular formula is C17H26N2O. The smallest absolute Gasteiger partial charge is 0.237 e. The molecule has 1 amide bonds. The Balaban J connectivity index is 2.06. The van der Waals surface area contributed by atoms with E-state index in [1.165, 1.54) is 5.56 Å². The first-order valence-electron chi connectivity index (χ1n) is 7.66. The van der Waals surface area contributed by atoms with Gasteiger partial charge < -0.3 is 10.6 Å². The molecule has 20 heavy (non-hydrogen) atoms. The van der Waals surface area contributed by atoms with Gasteiger partial charge in [0.15, 0.2) is 0 Å². The van der Waals surface area contributed by atoms with Crippen LogP contribution in [-0.2, 0) is 4.79 Å². The maximum Gasteiger partial charge on any atom is 0.237 e. The molecule has 0 bridgehead atoms. The van der Waals surface area contributed by atoms with Gasteiger partial charge in [0, 0.05) is 0 Å². The van der Waals surface area contributed by atoms with Crippen LogP contribution in [0, 0.1) is 11.8 Å². The average molecular weight is 274 g/mol. The van der Waals surface area contributed by atoms with E-state index in [-0.39, 0.29) is 18.0 Å². The van der Waals surface area contributed by atoms with Crippen molar-refractivity contribution in [2.75, 3.05) is 6.54 Å². The lowest BCUT2D eigenvalue weighted by Crippen LogP contribution is -2.44. The van der Waals surface area contributed by atoms with Gasteiger partial charge in [-0.2, -0.15) is 0 Å². The Kier molecular flexibility index (Phi) is 5.18. The van der Waals surface area contributed by atoms with E-state index in [4.69, 9.17) is 0 Å². The molecule has 1 heterocycles. The average Bonchev–Trinajstić information content (AvgIpc) is 2.85. The molecule has 2 N–H and O–H groups in total. The third-order valence-corrected chi connectivity index (χ3v) is 4.04. The summed E-state index contributed by atoms with van der Waals surface area (Å²) in [6.45, 7) is 7.47. The van der Waals surface area contributed by atoms with E-state index in [1.807, 2.05) is 18.2 Å². The lowest BCUT2D eigenvalue weighted by atomic mass is 9.95. The zero-order valence-electron chi connectivity index (χ0n) is 12.7. The standard InChI is InChI=1S/C17H26N2O/c1-12(2)11-15(14-7-5-4-6-8-14)19-17(20)16-13(3)9-10-18-16/h4-8,12-13,15-16,18H,9-11H2,1-3H3,(H,19,20). The second-order valence-corrected chi connectivity index (χ2v) is 6.30. The highest BCUT2D eigenvalue weighted by molar-refractivity contribution is 5.82. The van der Waals surface area contributed by atoms with E-state index in [1.54, 1.807) is 0 Å². The van der Waals surface area contributed by atoms with E-state index in [0.29, 0.717) is 11.8 Å². The van der Waals surface area contributed by atoms with Crippen LogP contribution in [0.3, 0.4) is 0 Å². The number of amides is 1. The van der Waals surface area contributed by atoms with Gasteiger partial charge in [-0.15, -0.1) is 0 Å². The molecule has 0 saturated carbocycles. The number of carbonyl (C=O) groups is 1. The monoisotopic (exact) mass is 274 g/mol. The minimum Gasteiger partial charge on any atom is -0.348 e. The molecule has 1 aliphatic heterocycles. The molecule has 2 rings (SSSR count). The van der Waals surface area contributed by atoms with Crippen LogP contribution in [0.1, 0.15) is 45.2 Å². The van der Waals surface area contributed by atoms with Crippen LogP contribution >= 0.6 is 0 Å². The summed E-state index contributed by atoms with van der Waals surface area (Å²) in [7, 11) is 0. The predicted molar refractivity (Wildman–Crippen MR) is 82.4 cm³/mol. The highest BCUT2D eigenvalue weighted by Gasteiger charge is 2.30. The second kappa shape index (κ2) is 6.89. The van der Waals surface area contributed by atoms with Gasteiger partial charge in [-0.1, -0.05) is 51.1 Å².